The first-order chi connectivity index (χ1) is 6.21. The monoisotopic (exact) mass is 226 g/mol. The van der Waals surface area contributed by atoms with Crippen LogP contribution in [0.4, 0.5) is 13.2 Å². The van der Waals surface area contributed by atoms with Crippen LogP contribution in [-0.2, 0) is 9.84 Å². The Morgan fingerprint density at radius 1 is 1.36 bits per heavy atom. The second-order valence-electron chi connectivity index (χ2n) is 3.08. The molecule has 6 heteroatoms. The van der Waals surface area contributed by atoms with Crippen LogP contribution >= 0.6 is 0 Å². The molecule has 1 rings (SSSR count). The lowest BCUT2D eigenvalue weighted by atomic mass is 10.1. The quantitative estimate of drug-likeness (QED) is 0.686. The van der Waals surface area contributed by atoms with Crippen LogP contribution in [0.5, 0.6) is 0 Å². The van der Waals surface area contributed by atoms with Crippen molar-refractivity contribution in [1.29, 1.82) is 0 Å². The molecule has 80 valence electrons. The topological polar surface area (TPSA) is 34.1 Å². The minimum Gasteiger partial charge on any atom is -0.224 e. The van der Waals surface area contributed by atoms with E-state index >= 15 is 0 Å². The molecule has 1 aliphatic carbocycles. The van der Waals surface area contributed by atoms with Gasteiger partial charge in [0.2, 0.25) is 0 Å². The average Bonchev–Trinajstić information content (AvgIpc) is 2.01. The van der Waals surface area contributed by atoms with Crippen LogP contribution < -0.4 is 0 Å². The van der Waals surface area contributed by atoms with E-state index in [1.165, 1.54) is 0 Å². The second-order valence-corrected chi connectivity index (χ2v) is 5.15. The SMILES string of the molecule is CS(=O)(=O)C1=CC(C(F)(F)F)=CCC1. The van der Waals surface area contributed by atoms with Gasteiger partial charge in [-0.2, -0.15) is 13.2 Å². The van der Waals surface area contributed by atoms with E-state index in [1.807, 2.05) is 0 Å². The van der Waals surface area contributed by atoms with Crippen LogP contribution in [0, 0.1) is 0 Å². The smallest absolute Gasteiger partial charge is 0.224 e. The summed E-state index contributed by atoms with van der Waals surface area (Å²) in [4.78, 5) is -0.146. The Kier molecular flexibility index (Phi) is 2.76. The minimum absolute atomic E-state index is 0.119. The largest absolute Gasteiger partial charge is 0.416 e. The molecule has 14 heavy (non-hydrogen) atoms. The third-order valence-corrected chi connectivity index (χ3v) is 3.15. The number of halogens is 3. The summed E-state index contributed by atoms with van der Waals surface area (Å²) in [6, 6.07) is 0. The molecule has 1 aliphatic rings. The summed E-state index contributed by atoms with van der Waals surface area (Å²) in [6.07, 6.45) is -1.56. The van der Waals surface area contributed by atoms with Gasteiger partial charge < -0.3 is 0 Å². The highest BCUT2D eigenvalue weighted by molar-refractivity contribution is 7.94. The lowest BCUT2D eigenvalue weighted by Crippen LogP contribution is -2.14. The maximum absolute atomic E-state index is 12.2. The number of alkyl halides is 3. The first-order valence-electron chi connectivity index (χ1n) is 3.89. The molecular weight excluding hydrogens is 217 g/mol. The van der Waals surface area contributed by atoms with E-state index in [-0.39, 0.29) is 17.7 Å². The molecule has 0 heterocycles. The summed E-state index contributed by atoms with van der Waals surface area (Å²) in [5.74, 6) is 0. The normalized spacial score (nSPS) is 18.9. The van der Waals surface area contributed by atoms with E-state index in [2.05, 4.69) is 0 Å². The average molecular weight is 226 g/mol. The van der Waals surface area contributed by atoms with Crippen molar-refractivity contribution in [3.05, 3.63) is 22.6 Å². The molecule has 0 saturated heterocycles. The Balaban J connectivity index is 3.07. The van der Waals surface area contributed by atoms with Crippen LogP contribution in [0.1, 0.15) is 12.8 Å². The van der Waals surface area contributed by atoms with Crippen molar-refractivity contribution in [3.8, 4) is 0 Å². The highest BCUT2D eigenvalue weighted by Gasteiger charge is 2.34. The van der Waals surface area contributed by atoms with Crippen LogP contribution in [-0.4, -0.2) is 20.8 Å². The van der Waals surface area contributed by atoms with Crippen LogP contribution in [0.15, 0.2) is 22.6 Å². The Labute approximate surface area is 80.0 Å². The van der Waals surface area contributed by atoms with Crippen LogP contribution in [0.25, 0.3) is 0 Å². The third-order valence-electron chi connectivity index (χ3n) is 1.88. The Hall–Kier alpha value is -0.780. The number of sulfone groups is 1. The summed E-state index contributed by atoms with van der Waals surface area (Å²) >= 11 is 0. The summed E-state index contributed by atoms with van der Waals surface area (Å²) < 4.78 is 58.6. The van der Waals surface area contributed by atoms with Gasteiger partial charge in [-0.15, -0.1) is 0 Å². The predicted molar refractivity (Wildman–Crippen MR) is 46.3 cm³/mol. The van der Waals surface area contributed by atoms with E-state index in [0.717, 1.165) is 12.3 Å². The summed E-state index contributed by atoms with van der Waals surface area (Å²) in [7, 11) is -3.50. The van der Waals surface area contributed by atoms with Gasteiger partial charge in [0.05, 0.1) is 5.57 Å². The van der Waals surface area contributed by atoms with Crippen molar-refractivity contribution >= 4 is 9.84 Å². The molecule has 0 bridgehead atoms. The van der Waals surface area contributed by atoms with E-state index in [4.69, 9.17) is 0 Å². The molecule has 0 N–H and O–H groups in total. The number of rotatable bonds is 1. The molecule has 0 aliphatic heterocycles. The Bertz CT molecular complexity index is 387. The molecule has 0 saturated carbocycles. The lowest BCUT2D eigenvalue weighted by Gasteiger charge is -2.14. The highest BCUT2D eigenvalue weighted by Crippen LogP contribution is 2.32. The van der Waals surface area contributed by atoms with Crippen molar-refractivity contribution < 1.29 is 21.6 Å². The maximum atomic E-state index is 12.2. The third kappa shape index (κ3) is 2.60. The molecule has 0 aromatic rings. The minimum atomic E-state index is -4.46. The van der Waals surface area contributed by atoms with Crippen molar-refractivity contribution in [2.24, 2.45) is 0 Å². The van der Waals surface area contributed by atoms with Gasteiger partial charge in [0.15, 0.2) is 9.84 Å². The molecule has 2 nitrogen and oxygen atoms in total. The van der Waals surface area contributed by atoms with Gasteiger partial charge in [0.1, 0.15) is 0 Å². The van der Waals surface area contributed by atoms with E-state index in [9.17, 15) is 21.6 Å². The van der Waals surface area contributed by atoms with Gasteiger partial charge in [0, 0.05) is 11.2 Å². The zero-order valence-corrected chi connectivity index (χ0v) is 8.24. The Morgan fingerprint density at radius 3 is 2.36 bits per heavy atom. The van der Waals surface area contributed by atoms with Gasteiger partial charge >= 0.3 is 6.18 Å². The van der Waals surface area contributed by atoms with Crippen molar-refractivity contribution in [2.45, 2.75) is 19.0 Å². The van der Waals surface area contributed by atoms with Crippen LogP contribution in [0.3, 0.4) is 0 Å². The zero-order chi connectivity index (χ0) is 11.0. The summed E-state index contributed by atoms with van der Waals surface area (Å²) in [5, 5.41) is 0. The zero-order valence-electron chi connectivity index (χ0n) is 7.43. The molecule has 0 aromatic carbocycles. The van der Waals surface area contributed by atoms with Gasteiger partial charge in [-0.3, -0.25) is 0 Å². The van der Waals surface area contributed by atoms with E-state index < -0.39 is 21.6 Å². The van der Waals surface area contributed by atoms with E-state index in [1.54, 1.807) is 0 Å². The fraction of sp³-hybridized carbons (Fsp3) is 0.500. The van der Waals surface area contributed by atoms with Gasteiger partial charge in [-0.05, 0) is 18.9 Å². The standard InChI is InChI=1S/C8H9F3O2S/c1-14(12,13)7-4-2-3-6(5-7)8(9,10)11/h3,5H,2,4H2,1H3. The van der Waals surface area contributed by atoms with Gasteiger partial charge in [-0.1, -0.05) is 6.08 Å². The fourth-order valence-electron chi connectivity index (χ4n) is 1.16. The van der Waals surface area contributed by atoms with Crippen LogP contribution in [0.2, 0.25) is 0 Å². The first-order valence-corrected chi connectivity index (χ1v) is 5.78. The van der Waals surface area contributed by atoms with Crippen molar-refractivity contribution in [2.75, 3.05) is 6.26 Å². The molecule has 0 unspecified atom stereocenters. The second kappa shape index (κ2) is 3.42. The molecule has 0 radical (unpaired) electrons. The van der Waals surface area contributed by atoms with Gasteiger partial charge in [0.25, 0.3) is 0 Å². The predicted octanol–water partition coefficient (Wildman–Crippen LogP) is 2.20. The fourth-order valence-corrected chi connectivity index (χ4v) is 1.99. The lowest BCUT2D eigenvalue weighted by molar-refractivity contribution is -0.0886. The molecular formula is C8H9F3O2S. The molecule has 0 fully saturated rings. The molecule has 0 spiro atoms. The van der Waals surface area contributed by atoms with E-state index in [0.29, 0.717) is 6.08 Å². The maximum Gasteiger partial charge on any atom is 0.416 e. The molecule has 0 amide bonds. The Morgan fingerprint density at radius 2 is 1.93 bits per heavy atom. The molecule has 0 aromatic heterocycles. The van der Waals surface area contributed by atoms with Gasteiger partial charge in [-0.25, -0.2) is 8.42 Å². The molecule has 0 atom stereocenters. The number of allylic oxidation sites excluding steroid dienone is 4. The number of hydrogen-bond donors (Lipinski definition) is 0. The number of hydrogen-bond acceptors (Lipinski definition) is 2. The summed E-state index contributed by atoms with van der Waals surface area (Å²) in [5.41, 5.74) is -0.871. The van der Waals surface area contributed by atoms with Crippen molar-refractivity contribution in [1.82, 2.24) is 0 Å². The first kappa shape index (κ1) is 11.3. The van der Waals surface area contributed by atoms with Crippen molar-refractivity contribution in [3.63, 3.8) is 0 Å². The summed E-state index contributed by atoms with van der Waals surface area (Å²) in [6.45, 7) is 0. The highest BCUT2D eigenvalue weighted by atomic mass is 32.2.